The molecule has 1 heterocycles. The SMILES string of the molecule is NC(=O)COc1ccc(NC(=O)c2c[nH]ccc2=O)cc1. The van der Waals surface area contributed by atoms with Gasteiger partial charge in [0.15, 0.2) is 12.0 Å². The highest BCUT2D eigenvalue weighted by Gasteiger charge is 2.09. The van der Waals surface area contributed by atoms with Gasteiger partial charge in [0.2, 0.25) is 0 Å². The molecule has 0 fully saturated rings. The highest BCUT2D eigenvalue weighted by Crippen LogP contribution is 2.15. The third kappa shape index (κ3) is 3.93. The van der Waals surface area contributed by atoms with Crippen LogP contribution in [0, 0.1) is 0 Å². The first-order valence-electron chi connectivity index (χ1n) is 6.06. The number of hydrogen-bond acceptors (Lipinski definition) is 4. The Bertz CT molecular complexity index is 707. The van der Waals surface area contributed by atoms with Gasteiger partial charge in [0.1, 0.15) is 11.3 Å². The van der Waals surface area contributed by atoms with Crippen molar-refractivity contribution >= 4 is 17.5 Å². The predicted octanol–water partition coefficient (Wildman–Crippen LogP) is 0.491. The van der Waals surface area contributed by atoms with E-state index in [1.54, 1.807) is 24.3 Å². The summed E-state index contributed by atoms with van der Waals surface area (Å²) < 4.78 is 5.09. The number of aromatic nitrogens is 1. The molecule has 0 saturated heterocycles. The zero-order valence-electron chi connectivity index (χ0n) is 11.0. The summed E-state index contributed by atoms with van der Waals surface area (Å²) in [5.41, 5.74) is 5.11. The van der Waals surface area contributed by atoms with Crippen molar-refractivity contribution in [2.45, 2.75) is 0 Å². The number of nitrogens with two attached hydrogens (primary N) is 1. The quantitative estimate of drug-likeness (QED) is 0.742. The molecule has 2 rings (SSSR count). The van der Waals surface area contributed by atoms with Crippen LogP contribution < -0.4 is 21.2 Å². The lowest BCUT2D eigenvalue weighted by Crippen LogP contribution is -2.21. The van der Waals surface area contributed by atoms with Crippen LogP contribution in [0.25, 0.3) is 0 Å². The highest BCUT2D eigenvalue weighted by molar-refractivity contribution is 6.03. The number of carbonyl (C=O) groups is 2. The molecular formula is C14H13N3O4. The average Bonchev–Trinajstić information content (AvgIpc) is 2.47. The number of rotatable bonds is 5. The fourth-order valence-corrected chi connectivity index (χ4v) is 1.58. The van der Waals surface area contributed by atoms with E-state index in [9.17, 15) is 14.4 Å². The van der Waals surface area contributed by atoms with Crippen LogP contribution in [0.4, 0.5) is 5.69 Å². The van der Waals surface area contributed by atoms with E-state index in [-0.39, 0.29) is 17.6 Å². The van der Waals surface area contributed by atoms with Crippen LogP contribution >= 0.6 is 0 Å². The fourth-order valence-electron chi connectivity index (χ4n) is 1.58. The van der Waals surface area contributed by atoms with Crippen molar-refractivity contribution in [3.8, 4) is 5.75 Å². The third-order valence-electron chi connectivity index (χ3n) is 2.56. The maximum Gasteiger partial charge on any atom is 0.261 e. The number of H-pyrrole nitrogens is 1. The van der Waals surface area contributed by atoms with E-state index in [2.05, 4.69) is 10.3 Å². The Labute approximate surface area is 119 Å². The summed E-state index contributed by atoms with van der Waals surface area (Å²) in [7, 11) is 0. The molecule has 0 aliphatic heterocycles. The molecule has 2 aromatic rings. The Morgan fingerprint density at radius 1 is 1.19 bits per heavy atom. The van der Waals surface area contributed by atoms with E-state index in [0.29, 0.717) is 11.4 Å². The minimum absolute atomic E-state index is 0.0200. The van der Waals surface area contributed by atoms with Gasteiger partial charge in [-0.05, 0) is 24.3 Å². The van der Waals surface area contributed by atoms with Gasteiger partial charge in [-0.15, -0.1) is 0 Å². The van der Waals surface area contributed by atoms with Crippen LogP contribution in [0.3, 0.4) is 0 Å². The maximum absolute atomic E-state index is 11.9. The minimum Gasteiger partial charge on any atom is -0.484 e. The van der Waals surface area contributed by atoms with E-state index < -0.39 is 11.8 Å². The topological polar surface area (TPSA) is 114 Å². The summed E-state index contributed by atoms with van der Waals surface area (Å²) in [5.74, 6) is -0.636. The van der Waals surface area contributed by atoms with E-state index in [1.807, 2.05) is 0 Å². The molecule has 2 amide bonds. The molecule has 4 N–H and O–H groups in total. The summed E-state index contributed by atoms with van der Waals surface area (Å²) in [6.07, 6.45) is 2.78. The van der Waals surface area contributed by atoms with Gasteiger partial charge >= 0.3 is 0 Å². The van der Waals surface area contributed by atoms with Crippen molar-refractivity contribution in [2.75, 3.05) is 11.9 Å². The van der Waals surface area contributed by atoms with E-state index >= 15 is 0 Å². The Morgan fingerprint density at radius 3 is 2.52 bits per heavy atom. The van der Waals surface area contributed by atoms with Crippen LogP contribution in [-0.2, 0) is 4.79 Å². The van der Waals surface area contributed by atoms with Gasteiger partial charge in [0, 0.05) is 24.1 Å². The van der Waals surface area contributed by atoms with Crippen molar-refractivity contribution in [3.63, 3.8) is 0 Å². The van der Waals surface area contributed by atoms with Gasteiger partial charge in [-0.25, -0.2) is 0 Å². The van der Waals surface area contributed by atoms with Crippen LogP contribution in [-0.4, -0.2) is 23.4 Å². The molecule has 0 radical (unpaired) electrons. The standard InChI is InChI=1S/C14H13N3O4/c15-13(19)8-21-10-3-1-9(2-4-10)17-14(20)11-7-16-6-5-12(11)18/h1-7H,8H2,(H2,15,19)(H,16,18)(H,17,20). The van der Waals surface area contributed by atoms with Gasteiger partial charge in [-0.3, -0.25) is 14.4 Å². The summed E-state index contributed by atoms with van der Waals surface area (Å²) in [4.78, 5) is 36.7. The first-order valence-corrected chi connectivity index (χ1v) is 6.06. The monoisotopic (exact) mass is 287 g/mol. The molecule has 1 aromatic heterocycles. The number of pyridine rings is 1. The largest absolute Gasteiger partial charge is 0.484 e. The number of aromatic amines is 1. The Hall–Kier alpha value is -3.09. The lowest BCUT2D eigenvalue weighted by molar-refractivity contribution is -0.119. The number of carbonyl (C=O) groups excluding carboxylic acids is 2. The fraction of sp³-hybridized carbons (Fsp3) is 0.0714. The smallest absolute Gasteiger partial charge is 0.261 e. The van der Waals surface area contributed by atoms with Crippen molar-refractivity contribution in [1.29, 1.82) is 0 Å². The molecule has 0 unspecified atom stereocenters. The van der Waals surface area contributed by atoms with Gasteiger partial charge < -0.3 is 20.8 Å². The molecular weight excluding hydrogens is 274 g/mol. The Balaban J connectivity index is 2.03. The zero-order valence-corrected chi connectivity index (χ0v) is 11.0. The van der Waals surface area contributed by atoms with Crippen LogP contribution in [0.15, 0.2) is 47.5 Å². The Morgan fingerprint density at radius 2 is 1.90 bits per heavy atom. The number of benzene rings is 1. The average molecular weight is 287 g/mol. The number of amides is 2. The molecule has 0 atom stereocenters. The van der Waals surface area contributed by atoms with Crippen molar-refractivity contribution in [1.82, 2.24) is 4.98 Å². The van der Waals surface area contributed by atoms with Gasteiger partial charge in [0.05, 0.1) is 0 Å². The molecule has 0 aliphatic rings. The molecule has 0 aliphatic carbocycles. The molecule has 0 saturated carbocycles. The number of primary amides is 1. The predicted molar refractivity (Wildman–Crippen MR) is 76.1 cm³/mol. The highest BCUT2D eigenvalue weighted by atomic mass is 16.5. The maximum atomic E-state index is 11.9. The second kappa shape index (κ2) is 6.38. The molecule has 0 bridgehead atoms. The van der Waals surface area contributed by atoms with Gasteiger partial charge in [-0.2, -0.15) is 0 Å². The number of anilines is 1. The van der Waals surface area contributed by atoms with Crippen molar-refractivity contribution in [3.05, 3.63) is 58.5 Å². The van der Waals surface area contributed by atoms with E-state index in [0.717, 1.165) is 0 Å². The summed E-state index contributed by atoms with van der Waals surface area (Å²) in [6.45, 7) is -0.217. The van der Waals surface area contributed by atoms with Crippen molar-refractivity contribution in [2.24, 2.45) is 5.73 Å². The lowest BCUT2D eigenvalue weighted by Gasteiger charge is -2.07. The molecule has 7 nitrogen and oxygen atoms in total. The number of hydrogen-bond donors (Lipinski definition) is 3. The normalized spacial score (nSPS) is 9.90. The number of ether oxygens (including phenoxy) is 1. The van der Waals surface area contributed by atoms with E-state index in [4.69, 9.17) is 10.5 Å². The van der Waals surface area contributed by atoms with Crippen LogP contribution in [0.2, 0.25) is 0 Å². The first-order chi connectivity index (χ1) is 10.1. The van der Waals surface area contributed by atoms with Gasteiger partial charge in [-0.1, -0.05) is 0 Å². The minimum atomic E-state index is -0.573. The summed E-state index contributed by atoms with van der Waals surface area (Å²) in [5, 5.41) is 2.59. The molecule has 21 heavy (non-hydrogen) atoms. The first kappa shape index (κ1) is 14.3. The van der Waals surface area contributed by atoms with Crippen molar-refractivity contribution < 1.29 is 14.3 Å². The van der Waals surface area contributed by atoms with Crippen LogP contribution in [0.1, 0.15) is 10.4 Å². The molecule has 108 valence electrons. The van der Waals surface area contributed by atoms with Gasteiger partial charge in [0.25, 0.3) is 11.8 Å². The zero-order chi connectivity index (χ0) is 15.2. The summed E-state index contributed by atoms with van der Waals surface area (Å²) >= 11 is 0. The summed E-state index contributed by atoms with van der Waals surface area (Å²) in [6, 6.07) is 7.61. The second-order valence-corrected chi connectivity index (χ2v) is 4.16. The van der Waals surface area contributed by atoms with Crippen LogP contribution in [0.5, 0.6) is 5.75 Å². The lowest BCUT2D eigenvalue weighted by atomic mass is 10.2. The molecule has 7 heteroatoms. The van der Waals surface area contributed by atoms with E-state index in [1.165, 1.54) is 18.5 Å². The number of nitrogens with one attached hydrogen (secondary N) is 2. The Kier molecular flexibility index (Phi) is 4.35. The molecule has 0 spiro atoms. The third-order valence-corrected chi connectivity index (χ3v) is 2.56. The second-order valence-electron chi connectivity index (χ2n) is 4.16. The molecule has 1 aromatic carbocycles.